The first-order valence-corrected chi connectivity index (χ1v) is 6.26. The fourth-order valence-corrected chi connectivity index (χ4v) is 2.56. The molecular formula is C12H15BrN2O. The molecule has 86 valence electrons. The topological polar surface area (TPSA) is 55.1 Å². The average molecular weight is 283 g/mol. The van der Waals surface area contributed by atoms with Crippen LogP contribution in [0.2, 0.25) is 0 Å². The van der Waals surface area contributed by atoms with Gasteiger partial charge in [0.15, 0.2) is 0 Å². The van der Waals surface area contributed by atoms with Crippen LogP contribution >= 0.6 is 15.9 Å². The Morgan fingerprint density at radius 3 is 3.00 bits per heavy atom. The molecule has 16 heavy (non-hydrogen) atoms. The number of rotatable bonds is 2. The standard InChI is InChI=1S/C12H15BrN2O/c1-2-8-6-10(12(14)16)9-5-7(13)3-4-11(9)15-8/h3-5,8,10,15H,2,6H2,1H3,(H2,14,16). The number of hydrogen-bond donors (Lipinski definition) is 2. The zero-order valence-corrected chi connectivity index (χ0v) is 10.8. The van der Waals surface area contributed by atoms with Crippen molar-refractivity contribution in [2.75, 3.05) is 5.32 Å². The van der Waals surface area contributed by atoms with E-state index in [2.05, 4.69) is 28.2 Å². The van der Waals surface area contributed by atoms with E-state index < -0.39 is 0 Å². The third kappa shape index (κ3) is 2.07. The quantitative estimate of drug-likeness (QED) is 0.876. The number of carbonyl (C=O) groups is 1. The van der Waals surface area contributed by atoms with Crippen molar-refractivity contribution in [1.29, 1.82) is 0 Å². The molecule has 1 heterocycles. The van der Waals surface area contributed by atoms with Crippen molar-refractivity contribution in [2.24, 2.45) is 5.73 Å². The van der Waals surface area contributed by atoms with Gasteiger partial charge in [-0.05, 0) is 36.6 Å². The maximum Gasteiger partial charge on any atom is 0.225 e. The SMILES string of the molecule is CCC1CC(C(N)=O)c2cc(Br)ccc2N1. The molecule has 2 atom stereocenters. The minimum atomic E-state index is -0.237. The summed E-state index contributed by atoms with van der Waals surface area (Å²) < 4.78 is 0.981. The summed E-state index contributed by atoms with van der Waals surface area (Å²) in [5.74, 6) is -0.405. The summed E-state index contributed by atoms with van der Waals surface area (Å²) >= 11 is 3.42. The molecule has 1 amide bonds. The van der Waals surface area contributed by atoms with Gasteiger partial charge in [-0.15, -0.1) is 0 Å². The number of benzene rings is 1. The van der Waals surface area contributed by atoms with Crippen LogP contribution in [0.1, 0.15) is 31.2 Å². The predicted molar refractivity (Wildman–Crippen MR) is 68.4 cm³/mol. The highest BCUT2D eigenvalue weighted by atomic mass is 79.9. The lowest BCUT2D eigenvalue weighted by molar-refractivity contribution is -0.119. The van der Waals surface area contributed by atoms with Crippen LogP contribution < -0.4 is 11.1 Å². The Kier molecular flexibility index (Phi) is 3.19. The highest BCUT2D eigenvalue weighted by Gasteiger charge is 2.29. The number of halogens is 1. The van der Waals surface area contributed by atoms with Crippen LogP contribution in [-0.4, -0.2) is 11.9 Å². The maximum absolute atomic E-state index is 11.5. The van der Waals surface area contributed by atoms with Crippen LogP contribution in [0.15, 0.2) is 22.7 Å². The number of nitrogens with one attached hydrogen (secondary N) is 1. The van der Waals surface area contributed by atoms with Crippen LogP contribution in [0.5, 0.6) is 0 Å². The molecular weight excluding hydrogens is 268 g/mol. The van der Waals surface area contributed by atoms with Gasteiger partial charge in [0, 0.05) is 16.2 Å². The third-order valence-corrected chi connectivity index (χ3v) is 3.60. The van der Waals surface area contributed by atoms with Crippen LogP contribution in [0.3, 0.4) is 0 Å². The van der Waals surface area contributed by atoms with Gasteiger partial charge >= 0.3 is 0 Å². The molecule has 1 aliphatic heterocycles. The lowest BCUT2D eigenvalue weighted by Gasteiger charge is -2.31. The largest absolute Gasteiger partial charge is 0.382 e. The van der Waals surface area contributed by atoms with Crippen LogP contribution in [0.4, 0.5) is 5.69 Å². The molecule has 3 nitrogen and oxygen atoms in total. The Bertz CT molecular complexity index is 419. The fourth-order valence-electron chi connectivity index (χ4n) is 2.18. The van der Waals surface area contributed by atoms with Crippen molar-refractivity contribution in [3.05, 3.63) is 28.2 Å². The Morgan fingerprint density at radius 1 is 1.62 bits per heavy atom. The lowest BCUT2D eigenvalue weighted by atomic mass is 9.86. The van der Waals surface area contributed by atoms with Gasteiger partial charge in [-0.2, -0.15) is 0 Å². The number of hydrogen-bond acceptors (Lipinski definition) is 2. The first-order chi connectivity index (χ1) is 7.61. The summed E-state index contributed by atoms with van der Waals surface area (Å²) in [6.07, 6.45) is 1.79. The highest BCUT2D eigenvalue weighted by molar-refractivity contribution is 9.10. The molecule has 1 aliphatic rings. The Labute approximate surface area is 104 Å². The van der Waals surface area contributed by atoms with E-state index in [1.807, 2.05) is 18.2 Å². The number of nitrogens with two attached hydrogens (primary N) is 1. The molecule has 0 aromatic heterocycles. The van der Waals surface area contributed by atoms with Crippen molar-refractivity contribution < 1.29 is 4.79 Å². The van der Waals surface area contributed by atoms with Gasteiger partial charge in [-0.1, -0.05) is 22.9 Å². The van der Waals surface area contributed by atoms with Gasteiger partial charge in [-0.25, -0.2) is 0 Å². The second-order valence-electron chi connectivity index (χ2n) is 4.17. The Hall–Kier alpha value is -1.03. The molecule has 0 saturated carbocycles. The van der Waals surface area contributed by atoms with Gasteiger partial charge < -0.3 is 11.1 Å². The summed E-state index contributed by atoms with van der Waals surface area (Å²) in [5.41, 5.74) is 7.51. The number of carbonyl (C=O) groups excluding carboxylic acids is 1. The molecule has 2 rings (SSSR count). The summed E-state index contributed by atoms with van der Waals surface area (Å²) in [4.78, 5) is 11.5. The minimum absolute atomic E-state index is 0.168. The van der Waals surface area contributed by atoms with E-state index in [1.165, 1.54) is 0 Å². The summed E-state index contributed by atoms with van der Waals surface area (Å²) in [6.45, 7) is 2.11. The molecule has 0 radical (unpaired) electrons. The van der Waals surface area contributed by atoms with Gasteiger partial charge in [0.25, 0.3) is 0 Å². The normalized spacial score (nSPS) is 23.4. The monoisotopic (exact) mass is 282 g/mol. The molecule has 0 bridgehead atoms. The van der Waals surface area contributed by atoms with E-state index in [9.17, 15) is 4.79 Å². The molecule has 1 aromatic carbocycles. The number of fused-ring (bicyclic) bond motifs is 1. The lowest BCUT2D eigenvalue weighted by Crippen LogP contribution is -2.33. The Morgan fingerprint density at radius 2 is 2.38 bits per heavy atom. The second-order valence-corrected chi connectivity index (χ2v) is 5.09. The molecule has 0 aliphatic carbocycles. The van der Waals surface area contributed by atoms with E-state index in [-0.39, 0.29) is 11.8 Å². The van der Waals surface area contributed by atoms with Gasteiger partial charge in [0.05, 0.1) is 5.92 Å². The molecule has 4 heteroatoms. The third-order valence-electron chi connectivity index (χ3n) is 3.11. The van der Waals surface area contributed by atoms with Gasteiger partial charge in [-0.3, -0.25) is 4.79 Å². The van der Waals surface area contributed by atoms with E-state index in [0.717, 1.165) is 28.6 Å². The van der Waals surface area contributed by atoms with E-state index in [0.29, 0.717) is 6.04 Å². The molecule has 2 unspecified atom stereocenters. The first-order valence-electron chi connectivity index (χ1n) is 5.47. The zero-order valence-electron chi connectivity index (χ0n) is 9.16. The van der Waals surface area contributed by atoms with Crippen molar-refractivity contribution in [1.82, 2.24) is 0 Å². The van der Waals surface area contributed by atoms with Crippen molar-refractivity contribution >= 4 is 27.5 Å². The molecule has 0 saturated heterocycles. The predicted octanol–water partition coefficient (Wildman–Crippen LogP) is 2.61. The number of primary amides is 1. The number of anilines is 1. The van der Waals surface area contributed by atoms with E-state index >= 15 is 0 Å². The van der Waals surface area contributed by atoms with E-state index in [1.54, 1.807) is 0 Å². The highest BCUT2D eigenvalue weighted by Crippen LogP contribution is 2.36. The molecule has 0 spiro atoms. The maximum atomic E-state index is 11.5. The molecule has 3 N–H and O–H groups in total. The Balaban J connectivity index is 2.42. The molecule has 0 fully saturated rings. The van der Waals surface area contributed by atoms with E-state index in [4.69, 9.17) is 5.73 Å². The molecule has 1 aromatic rings. The van der Waals surface area contributed by atoms with Crippen molar-refractivity contribution in [2.45, 2.75) is 31.7 Å². The van der Waals surface area contributed by atoms with Crippen LogP contribution in [0.25, 0.3) is 0 Å². The smallest absolute Gasteiger partial charge is 0.225 e. The minimum Gasteiger partial charge on any atom is -0.382 e. The average Bonchev–Trinajstić information content (AvgIpc) is 2.27. The summed E-state index contributed by atoms with van der Waals surface area (Å²) in [5, 5.41) is 3.43. The fraction of sp³-hybridized carbons (Fsp3) is 0.417. The first kappa shape index (κ1) is 11.5. The van der Waals surface area contributed by atoms with Crippen molar-refractivity contribution in [3.8, 4) is 0 Å². The van der Waals surface area contributed by atoms with Crippen LogP contribution in [-0.2, 0) is 4.79 Å². The van der Waals surface area contributed by atoms with Crippen molar-refractivity contribution in [3.63, 3.8) is 0 Å². The summed E-state index contributed by atoms with van der Waals surface area (Å²) in [6, 6.07) is 6.29. The summed E-state index contributed by atoms with van der Waals surface area (Å²) in [7, 11) is 0. The zero-order chi connectivity index (χ0) is 11.7. The van der Waals surface area contributed by atoms with Crippen LogP contribution in [0, 0.1) is 0 Å². The number of amides is 1. The van der Waals surface area contributed by atoms with Gasteiger partial charge in [0.2, 0.25) is 5.91 Å². The second kappa shape index (κ2) is 4.45. The van der Waals surface area contributed by atoms with Gasteiger partial charge in [0.1, 0.15) is 0 Å².